The van der Waals surface area contributed by atoms with Crippen LogP contribution in [0.5, 0.6) is 0 Å². The van der Waals surface area contributed by atoms with E-state index >= 15 is 0 Å². The highest BCUT2D eigenvalue weighted by Crippen LogP contribution is 2.21. The van der Waals surface area contributed by atoms with Gasteiger partial charge in [0, 0.05) is 5.56 Å². The zero-order valence-corrected chi connectivity index (χ0v) is 13.7. The Balaban J connectivity index is 1.67. The van der Waals surface area contributed by atoms with Crippen molar-refractivity contribution in [1.82, 2.24) is 20.4 Å². The Morgan fingerprint density at radius 2 is 1.96 bits per heavy atom. The minimum Gasteiger partial charge on any atom is -0.441 e. The van der Waals surface area contributed by atoms with Crippen molar-refractivity contribution < 1.29 is 13.7 Å². The number of carbonyl (C=O) groups excluding carboxylic acids is 1. The molecular formula is C17H18N4O3. The summed E-state index contributed by atoms with van der Waals surface area (Å²) >= 11 is 0. The van der Waals surface area contributed by atoms with Gasteiger partial charge in [-0.1, -0.05) is 23.4 Å². The Hall–Kier alpha value is -2.96. The molecule has 0 unspecified atom stereocenters. The molecule has 3 rings (SSSR count). The van der Waals surface area contributed by atoms with Gasteiger partial charge >= 0.3 is 0 Å². The monoisotopic (exact) mass is 326 g/mol. The summed E-state index contributed by atoms with van der Waals surface area (Å²) in [6.45, 7) is 5.31. The highest BCUT2D eigenvalue weighted by atomic mass is 16.5. The Bertz CT molecular complexity index is 839. The highest BCUT2D eigenvalue weighted by molar-refractivity contribution is 5.78. The summed E-state index contributed by atoms with van der Waals surface area (Å²) in [6.07, 6.45) is 0.125. The molecule has 0 spiro atoms. The number of hydrogen-bond donors (Lipinski definition) is 1. The van der Waals surface area contributed by atoms with Crippen molar-refractivity contribution in [2.24, 2.45) is 0 Å². The van der Waals surface area contributed by atoms with Gasteiger partial charge in [-0.3, -0.25) is 4.79 Å². The first-order valence-electron chi connectivity index (χ1n) is 7.64. The van der Waals surface area contributed by atoms with Gasteiger partial charge in [0.2, 0.25) is 17.7 Å². The minimum absolute atomic E-state index is 0.125. The second-order valence-electron chi connectivity index (χ2n) is 5.53. The van der Waals surface area contributed by atoms with Crippen LogP contribution in [0.2, 0.25) is 0 Å². The van der Waals surface area contributed by atoms with E-state index in [0.717, 1.165) is 5.56 Å². The Morgan fingerprint density at radius 3 is 2.62 bits per heavy atom. The molecule has 0 radical (unpaired) electrons. The van der Waals surface area contributed by atoms with E-state index in [1.165, 1.54) is 0 Å². The van der Waals surface area contributed by atoms with Crippen molar-refractivity contribution in [2.45, 2.75) is 33.2 Å². The van der Waals surface area contributed by atoms with E-state index in [2.05, 4.69) is 20.4 Å². The van der Waals surface area contributed by atoms with Crippen LogP contribution < -0.4 is 5.32 Å². The Morgan fingerprint density at radius 1 is 1.21 bits per heavy atom. The zero-order chi connectivity index (χ0) is 17.1. The maximum Gasteiger partial charge on any atom is 0.248 e. The first kappa shape index (κ1) is 15.9. The number of rotatable bonds is 5. The molecule has 7 heteroatoms. The first-order valence-corrected chi connectivity index (χ1v) is 7.64. The van der Waals surface area contributed by atoms with Gasteiger partial charge in [0.25, 0.3) is 0 Å². The molecule has 124 valence electrons. The second-order valence-corrected chi connectivity index (χ2v) is 5.53. The fraction of sp³-hybridized carbons (Fsp3) is 0.294. The van der Waals surface area contributed by atoms with Crippen molar-refractivity contribution in [1.29, 1.82) is 0 Å². The lowest BCUT2D eigenvalue weighted by Gasteiger charge is -2.08. The van der Waals surface area contributed by atoms with Crippen molar-refractivity contribution in [3.05, 3.63) is 53.5 Å². The van der Waals surface area contributed by atoms with Crippen LogP contribution in [-0.2, 0) is 11.2 Å². The van der Waals surface area contributed by atoms with E-state index in [4.69, 9.17) is 8.94 Å². The molecule has 0 fully saturated rings. The van der Waals surface area contributed by atoms with Gasteiger partial charge in [0.1, 0.15) is 11.8 Å². The number of hydrogen-bond acceptors (Lipinski definition) is 6. The summed E-state index contributed by atoms with van der Waals surface area (Å²) in [7, 11) is 0. The van der Waals surface area contributed by atoms with Crippen LogP contribution in [0.4, 0.5) is 0 Å². The lowest BCUT2D eigenvalue weighted by Crippen LogP contribution is -2.28. The Kier molecular flexibility index (Phi) is 4.41. The number of amides is 1. The molecule has 0 aliphatic rings. The van der Waals surface area contributed by atoms with Crippen LogP contribution in [0, 0.1) is 13.8 Å². The molecule has 2 heterocycles. The van der Waals surface area contributed by atoms with Crippen molar-refractivity contribution in [3.8, 4) is 11.5 Å². The summed E-state index contributed by atoms with van der Waals surface area (Å²) in [5.41, 5.74) is 1.49. The second kappa shape index (κ2) is 6.66. The Labute approximate surface area is 139 Å². The van der Waals surface area contributed by atoms with Gasteiger partial charge in [-0.05, 0) is 32.9 Å². The van der Waals surface area contributed by atoms with Crippen molar-refractivity contribution in [2.75, 3.05) is 0 Å². The van der Waals surface area contributed by atoms with E-state index in [0.29, 0.717) is 29.1 Å². The van der Waals surface area contributed by atoms with Crippen LogP contribution in [-0.4, -0.2) is 21.0 Å². The molecule has 0 saturated heterocycles. The van der Waals surface area contributed by atoms with Crippen LogP contribution in [0.25, 0.3) is 11.5 Å². The molecule has 1 atom stereocenters. The maximum absolute atomic E-state index is 12.2. The van der Waals surface area contributed by atoms with Crippen LogP contribution in [0.15, 0.2) is 39.3 Å². The molecule has 0 saturated carbocycles. The number of oxazole rings is 1. The van der Waals surface area contributed by atoms with Gasteiger partial charge < -0.3 is 14.3 Å². The molecule has 1 N–H and O–H groups in total. The fourth-order valence-corrected chi connectivity index (χ4v) is 2.29. The molecule has 3 aromatic rings. The molecular weight excluding hydrogens is 308 g/mol. The zero-order valence-electron chi connectivity index (χ0n) is 13.7. The topological polar surface area (TPSA) is 94.1 Å². The number of nitrogens with zero attached hydrogens (tertiary/aromatic N) is 3. The van der Waals surface area contributed by atoms with E-state index in [1.54, 1.807) is 20.8 Å². The third kappa shape index (κ3) is 3.51. The number of nitrogens with one attached hydrogen (secondary N) is 1. The molecule has 24 heavy (non-hydrogen) atoms. The molecule has 0 bridgehead atoms. The van der Waals surface area contributed by atoms with E-state index in [-0.39, 0.29) is 18.4 Å². The molecule has 0 aliphatic heterocycles. The standard InChI is InChI=1S/C17H18N4O3/c1-10(16-19-12(3)21-24-16)18-15(22)9-14-11(2)23-17(20-14)13-7-5-4-6-8-13/h4-8,10H,9H2,1-3H3,(H,18,22)/t10-/m0/s1. The number of benzene rings is 1. The smallest absolute Gasteiger partial charge is 0.248 e. The average Bonchev–Trinajstić information content (AvgIpc) is 3.15. The summed E-state index contributed by atoms with van der Waals surface area (Å²) in [6, 6.07) is 9.21. The quantitative estimate of drug-likeness (QED) is 0.775. The lowest BCUT2D eigenvalue weighted by atomic mass is 10.2. The van der Waals surface area contributed by atoms with Gasteiger partial charge in [-0.25, -0.2) is 4.98 Å². The highest BCUT2D eigenvalue weighted by Gasteiger charge is 2.19. The van der Waals surface area contributed by atoms with Crippen LogP contribution >= 0.6 is 0 Å². The number of carbonyl (C=O) groups is 1. The predicted octanol–water partition coefficient (Wildman–Crippen LogP) is 2.76. The number of aryl methyl sites for hydroxylation is 2. The van der Waals surface area contributed by atoms with Crippen molar-refractivity contribution in [3.63, 3.8) is 0 Å². The molecule has 7 nitrogen and oxygen atoms in total. The molecule has 1 aromatic carbocycles. The van der Waals surface area contributed by atoms with E-state index < -0.39 is 0 Å². The lowest BCUT2D eigenvalue weighted by molar-refractivity contribution is -0.121. The van der Waals surface area contributed by atoms with Crippen LogP contribution in [0.1, 0.15) is 36.1 Å². The third-order valence-electron chi connectivity index (χ3n) is 3.53. The summed E-state index contributed by atoms with van der Waals surface area (Å²) < 4.78 is 10.7. The van der Waals surface area contributed by atoms with Gasteiger partial charge in [0.05, 0.1) is 12.1 Å². The molecule has 2 aromatic heterocycles. The first-order chi connectivity index (χ1) is 11.5. The van der Waals surface area contributed by atoms with Gasteiger partial charge in [-0.2, -0.15) is 4.98 Å². The predicted molar refractivity (Wildman–Crippen MR) is 86.0 cm³/mol. The average molecular weight is 326 g/mol. The molecule has 0 aliphatic carbocycles. The summed E-state index contributed by atoms with van der Waals surface area (Å²) in [5, 5.41) is 6.53. The minimum atomic E-state index is -0.362. The SMILES string of the molecule is Cc1noc([C@H](C)NC(=O)Cc2nc(-c3ccccc3)oc2C)n1. The van der Waals surface area contributed by atoms with E-state index in [9.17, 15) is 4.79 Å². The van der Waals surface area contributed by atoms with Gasteiger partial charge in [-0.15, -0.1) is 0 Å². The fourth-order valence-electron chi connectivity index (χ4n) is 2.29. The normalized spacial score (nSPS) is 12.1. The third-order valence-corrected chi connectivity index (χ3v) is 3.53. The molecule has 1 amide bonds. The summed E-state index contributed by atoms with van der Waals surface area (Å²) in [4.78, 5) is 20.7. The summed E-state index contributed by atoms with van der Waals surface area (Å²) in [5.74, 6) is 1.87. The number of aromatic nitrogens is 3. The van der Waals surface area contributed by atoms with Crippen LogP contribution in [0.3, 0.4) is 0 Å². The van der Waals surface area contributed by atoms with Gasteiger partial charge in [0.15, 0.2) is 5.82 Å². The largest absolute Gasteiger partial charge is 0.441 e. The van der Waals surface area contributed by atoms with Crippen molar-refractivity contribution >= 4 is 5.91 Å². The van der Waals surface area contributed by atoms with E-state index in [1.807, 2.05) is 30.3 Å². The maximum atomic E-state index is 12.2.